The van der Waals surface area contributed by atoms with Crippen LogP contribution in [0.15, 0.2) is 71.6 Å². The Labute approximate surface area is 163 Å². The summed E-state index contributed by atoms with van der Waals surface area (Å²) in [5, 5.41) is 0.800. The van der Waals surface area contributed by atoms with Gasteiger partial charge in [0, 0.05) is 10.6 Å². The number of anilines is 1. The molecule has 0 aliphatic carbocycles. The van der Waals surface area contributed by atoms with E-state index in [1.54, 1.807) is 36.4 Å². The third kappa shape index (κ3) is 4.76. The van der Waals surface area contributed by atoms with Gasteiger partial charge in [0.1, 0.15) is 11.8 Å². The predicted octanol–water partition coefficient (Wildman–Crippen LogP) is 5.27. The SMILES string of the molecule is COc1ccc(N[C@@H](CS(=O)c2cccc3ccccc23)C(F)(F)Cl)cc1. The minimum atomic E-state index is -3.57. The van der Waals surface area contributed by atoms with Crippen LogP contribution in [0.5, 0.6) is 5.75 Å². The van der Waals surface area contributed by atoms with Gasteiger partial charge >= 0.3 is 5.38 Å². The van der Waals surface area contributed by atoms with Crippen LogP contribution in [0.4, 0.5) is 14.5 Å². The van der Waals surface area contributed by atoms with E-state index in [9.17, 15) is 13.0 Å². The van der Waals surface area contributed by atoms with Gasteiger partial charge in [-0.05, 0) is 52.7 Å². The van der Waals surface area contributed by atoms with Gasteiger partial charge in [-0.15, -0.1) is 0 Å². The van der Waals surface area contributed by atoms with Crippen molar-refractivity contribution >= 4 is 38.9 Å². The number of ether oxygens (including phenoxy) is 1. The molecule has 0 aliphatic rings. The molecule has 7 heteroatoms. The average Bonchev–Trinajstić information content (AvgIpc) is 2.66. The first-order chi connectivity index (χ1) is 12.9. The van der Waals surface area contributed by atoms with Gasteiger partial charge in [0.2, 0.25) is 0 Å². The van der Waals surface area contributed by atoms with Crippen molar-refractivity contribution in [2.24, 2.45) is 0 Å². The maximum absolute atomic E-state index is 14.0. The molecule has 3 rings (SSSR count). The van der Waals surface area contributed by atoms with Crippen LogP contribution in [0, 0.1) is 0 Å². The molecule has 1 unspecified atom stereocenters. The van der Waals surface area contributed by atoms with Gasteiger partial charge in [-0.2, -0.15) is 8.78 Å². The van der Waals surface area contributed by atoms with E-state index >= 15 is 0 Å². The summed E-state index contributed by atoms with van der Waals surface area (Å²) in [6.07, 6.45) is 0. The summed E-state index contributed by atoms with van der Waals surface area (Å²) in [5.41, 5.74) is 0.441. The number of methoxy groups -OCH3 is 1. The third-order valence-electron chi connectivity index (χ3n) is 4.14. The first kappa shape index (κ1) is 19.6. The second-order valence-electron chi connectivity index (χ2n) is 5.96. The topological polar surface area (TPSA) is 38.3 Å². The highest BCUT2D eigenvalue weighted by molar-refractivity contribution is 7.85. The Morgan fingerprint density at radius 3 is 2.41 bits per heavy atom. The maximum atomic E-state index is 14.0. The molecule has 2 atom stereocenters. The average molecular weight is 410 g/mol. The second-order valence-corrected chi connectivity index (χ2v) is 7.92. The van der Waals surface area contributed by atoms with E-state index in [1.807, 2.05) is 30.3 Å². The van der Waals surface area contributed by atoms with Crippen molar-refractivity contribution in [1.29, 1.82) is 0 Å². The van der Waals surface area contributed by atoms with Gasteiger partial charge in [-0.25, -0.2) is 0 Å². The Bertz CT molecular complexity index is 939. The fourth-order valence-electron chi connectivity index (χ4n) is 2.74. The summed E-state index contributed by atoms with van der Waals surface area (Å²) in [6, 6.07) is 17.8. The minimum Gasteiger partial charge on any atom is -0.497 e. The number of alkyl halides is 3. The number of hydrogen-bond acceptors (Lipinski definition) is 3. The molecule has 0 fully saturated rings. The monoisotopic (exact) mass is 409 g/mol. The summed E-state index contributed by atoms with van der Waals surface area (Å²) in [7, 11) is -0.146. The molecule has 3 aromatic carbocycles. The molecule has 0 aromatic heterocycles. The lowest BCUT2D eigenvalue weighted by Crippen LogP contribution is -2.40. The molecule has 0 aliphatic heterocycles. The number of hydrogen-bond donors (Lipinski definition) is 1. The standard InChI is InChI=1S/C20H18ClF2NO2S/c1-26-16-11-9-15(10-12-16)24-19(20(21,22)23)13-27(25)18-8-4-6-14-5-2-3-7-17(14)18/h2-12,19,24H,13H2,1H3/t19-,27?/m0/s1. The van der Waals surface area contributed by atoms with E-state index in [2.05, 4.69) is 5.32 Å². The molecule has 0 radical (unpaired) electrons. The lowest BCUT2D eigenvalue weighted by Gasteiger charge is -2.24. The molecule has 27 heavy (non-hydrogen) atoms. The Hall–Kier alpha value is -2.18. The van der Waals surface area contributed by atoms with Crippen molar-refractivity contribution < 1.29 is 17.7 Å². The zero-order valence-corrected chi connectivity index (χ0v) is 16.1. The Morgan fingerprint density at radius 1 is 1.07 bits per heavy atom. The molecule has 0 saturated heterocycles. The Kier molecular flexibility index (Phi) is 5.97. The Balaban J connectivity index is 1.84. The number of rotatable bonds is 7. The second kappa shape index (κ2) is 8.23. The number of benzene rings is 3. The van der Waals surface area contributed by atoms with Crippen molar-refractivity contribution in [2.45, 2.75) is 16.3 Å². The van der Waals surface area contributed by atoms with Crippen LogP contribution in [0.25, 0.3) is 10.8 Å². The predicted molar refractivity (Wildman–Crippen MR) is 106 cm³/mol. The first-order valence-electron chi connectivity index (χ1n) is 8.22. The van der Waals surface area contributed by atoms with Crippen molar-refractivity contribution in [3.63, 3.8) is 0 Å². The maximum Gasteiger partial charge on any atom is 0.342 e. The van der Waals surface area contributed by atoms with Gasteiger partial charge < -0.3 is 10.1 Å². The first-order valence-corrected chi connectivity index (χ1v) is 9.91. The fraction of sp³-hybridized carbons (Fsp3) is 0.200. The molecule has 0 heterocycles. The highest BCUT2D eigenvalue weighted by Crippen LogP contribution is 2.30. The largest absolute Gasteiger partial charge is 0.497 e. The molecule has 3 aromatic rings. The van der Waals surface area contributed by atoms with E-state index in [0.717, 1.165) is 10.8 Å². The summed E-state index contributed by atoms with van der Waals surface area (Å²) in [5.74, 6) is 0.269. The lowest BCUT2D eigenvalue weighted by atomic mass is 10.1. The number of fused-ring (bicyclic) bond motifs is 1. The van der Waals surface area contributed by atoms with Gasteiger partial charge in [-0.1, -0.05) is 36.4 Å². The molecule has 142 valence electrons. The van der Waals surface area contributed by atoms with Crippen LogP contribution < -0.4 is 10.1 Å². The smallest absolute Gasteiger partial charge is 0.342 e. The van der Waals surface area contributed by atoms with Gasteiger partial charge in [-0.3, -0.25) is 4.21 Å². The zero-order valence-electron chi connectivity index (χ0n) is 14.5. The van der Waals surface area contributed by atoms with Crippen molar-refractivity contribution in [3.05, 3.63) is 66.7 Å². The fourth-order valence-corrected chi connectivity index (χ4v) is 4.40. The number of nitrogens with one attached hydrogen (secondary N) is 1. The summed E-state index contributed by atoms with van der Waals surface area (Å²) in [4.78, 5) is 0.510. The minimum absolute atomic E-state index is 0.337. The molecule has 0 saturated carbocycles. The van der Waals surface area contributed by atoms with Crippen LogP contribution in [0.3, 0.4) is 0 Å². The molecule has 0 bridgehead atoms. The van der Waals surface area contributed by atoms with E-state index < -0.39 is 22.2 Å². The molecule has 3 nitrogen and oxygen atoms in total. The van der Waals surface area contributed by atoms with Crippen LogP contribution in [0.2, 0.25) is 0 Å². The molecule has 1 N–H and O–H groups in total. The quantitative estimate of drug-likeness (QED) is 0.540. The summed E-state index contributed by atoms with van der Waals surface area (Å²) in [6.45, 7) is 0. The van der Waals surface area contributed by atoms with E-state index in [0.29, 0.717) is 16.3 Å². The molecular formula is C20H18ClF2NO2S. The highest BCUT2D eigenvalue weighted by Gasteiger charge is 2.38. The lowest BCUT2D eigenvalue weighted by molar-refractivity contribution is 0.0808. The molecule has 0 spiro atoms. The van der Waals surface area contributed by atoms with Crippen LogP contribution in [0.1, 0.15) is 0 Å². The van der Waals surface area contributed by atoms with Gasteiger partial charge in [0.05, 0.1) is 23.7 Å². The van der Waals surface area contributed by atoms with Crippen LogP contribution >= 0.6 is 11.6 Å². The number of halogens is 3. The van der Waals surface area contributed by atoms with Crippen molar-refractivity contribution in [2.75, 3.05) is 18.2 Å². The highest BCUT2D eigenvalue weighted by atomic mass is 35.5. The van der Waals surface area contributed by atoms with Gasteiger partial charge in [0.15, 0.2) is 0 Å². The van der Waals surface area contributed by atoms with Crippen LogP contribution in [-0.4, -0.2) is 28.5 Å². The summed E-state index contributed by atoms with van der Waals surface area (Å²) < 4.78 is 45.8. The van der Waals surface area contributed by atoms with Crippen molar-refractivity contribution in [3.8, 4) is 5.75 Å². The van der Waals surface area contributed by atoms with Crippen LogP contribution in [-0.2, 0) is 10.8 Å². The zero-order chi connectivity index (χ0) is 19.4. The molecule has 0 amide bonds. The Morgan fingerprint density at radius 2 is 1.74 bits per heavy atom. The van der Waals surface area contributed by atoms with Crippen molar-refractivity contribution in [1.82, 2.24) is 0 Å². The van der Waals surface area contributed by atoms with Gasteiger partial charge in [0.25, 0.3) is 0 Å². The molecular weight excluding hydrogens is 392 g/mol. The van der Waals surface area contributed by atoms with E-state index in [4.69, 9.17) is 16.3 Å². The van der Waals surface area contributed by atoms with E-state index in [-0.39, 0.29) is 5.75 Å². The third-order valence-corrected chi connectivity index (χ3v) is 5.89. The normalized spacial score (nSPS) is 13.9. The van der Waals surface area contributed by atoms with E-state index in [1.165, 1.54) is 7.11 Å². The summed E-state index contributed by atoms with van der Waals surface area (Å²) >= 11 is 5.30.